The van der Waals surface area contributed by atoms with Crippen LogP contribution in [0, 0.1) is 0 Å². The summed E-state index contributed by atoms with van der Waals surface area (Å²) < 4.78 is 11.1. The lowest BCUT2D eigenvalue weighted by Crippen LogP contribution is -2.00. The van der Waals surface area contributed by atoms with E-state index in [1.807, 2.05) is 24.3 Å². The summed E-state index contributed by atoms with van der Waals surface area (Å²) in [4.78, 5) is 8.57. The second kappa shape index (κ2) is 5.71. The number of fused-ring (bicyclic) bond motifs is 1. The van der Waals surface area contributed by atoms with Gasteiger partial charge in [0.1, 0.15) is 12.1 Å². The molecule has 0 saturated heterocycles. The number of nitrogens with zero attached hydrogens (tertiary/aromatic N) is 2. The Hall–Kier alpha value is -2.40. The Bertz CT molecular complexity index is 695. The molecule has 0 fully saturated rings. The van der Waals surface area contributed by atoms with E-state index in [0.29, 0.717) is 24.8 Å². The maximum Gasteiger partial charge on any atom is 0.221 e. The molecule has 3 aromatic rings. The van der Waals surface area contributed by atoms with Crippen LogP contribution >= 0.6 is 0 Å². The summed E-state index contributed by atoms with van der Waals surface area (Å²) in [5, 5.41) is 0. The number of benzene rings is 1. The quantitative estimate of drug-likeness (QED) is 0.569. The molecule has 0 spiro atoms. The third kappa shape index (κ3) is 2.95. The third-order valence-corrected chi connectivity index (χ3v) is 2.91. The number of oxazole rings is 1. The monoisotopic (exact) mass is 269 g/mol. The molecule has 0 aliphatic rings. The van der Waals surface area contributed by atoms with E-state index in [1.54, 1.807) is 18.3 Å². The molecular weight excluding hydrogens is 254 g/mol. The zero-order chi connectivity index (χ0) is 13.8. The van der Waals surface area contributed by atoms with Gasteiger partial charge in [0, 0.05) is 24.0 Å². The number of pyridine rings is 1. The van der Waals surface area contributed by atoms with Gasteiger partial charge >= 0.3 is 0 Å². The average molecular weight is 269 g/mol. The van der Waals surface area contributed by atoms with Gasteiger partial charge in [0.05, 0.1) is 6.61 Å². The molecule has 2 N–H and O–H groups in total. The molecule has 0 unspecified atom stereocenters. The first-order chi connectivity index (χ1) is 9.81. The SMILES string of the molecule is Nc1ccc2oc(COCCc3ccccn3)nc2c1. The summed E-state index contributed by atoms with van der Waals surface area (Å²) >= 11 is 0. The van der Waals surface area contributed by atoms with Crippen LogP contribution in [0.25, 0.3) is 11.1 Å². The van der Waals surface area contributed by atoms with Gasteiger partial charge in [-0.1, -0.05) is 6.07 Å². The zero-order valence-corrected chi connectivity index (χ0v) is 11.0. The van der Waals surface area contributed by atoms with Crippen molar-refractivity contribution in [3.05, 3.63) is 54.2 Å². The van der Waals surface area contributed by atoms with E-state index in [-0.39, 0.29) is 0 Å². The topological polar surface area (TPSA) is 74.2 Å². The van der Waals surface area contributed by atoms with Crippen LogP contribution in [0.5, 0.6) is 0 Å². The molecule has 0 aliphatic carbocycles. The van der Waals surface area contributed by atoms with Gasteiger partial charge in [-0.15, -0.1) is 0 Å². The smallest absolute Gasteiger partial charge is 0.221 e. The lowest BCUT2D eigenvalue weighted by molar-refractivity contribution is 0.106. The van der Waals surface area contributed by atoms with Crippen molar-refractivity contribution in [2.45, 2.75) is 13.0 Å². The summed E-state index contributed by atoms with van der Waals surface area (Å²) in [6.07, 6.45) is 2.55. The second-order valence-electron chi connectivity index (χ2n) is 4.46. The minimum absolute atomic E-state index is 0.349. The van der Waals surface area contributed by atoms with Crippen LogP contribution in [-0.4, -0.2) is 16.6 Å². The van der Waals surface area contributed by atoms with Crippen molar-refractivity contribution in [2.75, 3.05) is 12.3 Å². The number of anilines is 1. The summed E-state index contributed by atoms with van der Waals surface area (Å²) in [5.74, 6) is 0.562. The van der Waals surface area contributed by atoms with Crippen LogP contribution in [0.1, 0.15) is 11.6 Å². The number of hydrogen-bond donors (Lipinski definition) is 1. The average Bonchev–Trinajstić information content (AvgIpc) is 2.86. The molecule has 5 nitrogen and oxygen atoms in total. The predicted octanol–water partition coefficient (Wildman–Crippen LogP) is 2.56. The van der Waals surface area contributed by atoms with Crippen molar-refractivity contribution in [3.63, 3.8) is 0 Å². The van der Waals surface area contributed by atoms with E-state index in [0.717, 1.165) is 23.2 Å². The normalized spacial score (nSPS) is 11.0. The first-order valence-electron chi connectivity index (χ1n) is 6.44. The van der Waals surface area contributed by atoms with Crippen molar-refractivity contribution in [1.29, 1.82) is 0 Å². The molecule has 102 valence electrons. The van der Waals surface area contributed by atoms with E-state index >= 15 is 0 Å². The van der Waals surface area contributed by atoms with Crippen molar-refractivity contribution in [2.24, 2.45) is 0 Å². The van der Waals surface area contributed by atoms with Crippen molar-refractivity contribution >= 4 is 16.8 Å². The second-order valence-corrected chi connectivity index (χ2v) is 4.46. The molecule has 2 aromatic heterocycles. The molecule has 0 saturated carbocycles. The maximum atomic E-state index is 5.70. The van der Waals surface area contributed by atoms with Gasteiger partial charge in [0.25, 0.3) is 0 Å². The predicted molar refractivity (Wildman–Crippen MR) is 76.0 cm³/mol. The third-order valence-electron chi connectivity index (χ3n) is 2.91. The Kier molecular flexibility index (Phi) is 3.60. The summed E-state index contributed by atoms with van der Waals surface area (Å²) in [7, 11) is 0. The van der Waals surface area contributed by atoms with E-state index in [2.05, 4.69) is 9.97 Å². The van der Waals surface area contributed by atoms with E-state index in [4.69, 9.17) is 14.9 Å². The first-order valence-corrected chi connectivity index (χ1v) is 6.44. The highest BCUT2D eigenvalue weighted by Gasteiger charge is 2.06. The zero-order valence-electron chi connectivity index (χ0n) is 11.0. The van der Waals surface area contributed by atoms with Gasteiger partial charge in [0.2, 0.25) is 5.89 Å². The number of aromatic nitrogens is 2. The van der Waals surface area contributed by atoms with Gasteiger partial charge in [-0.2, -0.15) is 0 Å². The minimum Gasteiger partial charge on any atom is -0.438 e. The van der Waals surface area contributed by atoms with Gasteiger partial charge in [0.15, 0.2) is 5.58 Å². The van der Waals surface area contributed by atoms with E-state index in [9.17, 15) is 0 Å². The molecule has 0 radical (unpaired) electrons. The highest BCUT2D eigenvalue weighted by Crippen LogP contribution is 2.18. The van der Waals surface area contributed by atoms with E-state index in [1.165, 1.54) is 0 Å². The summed E-state index contributed by atoms with van der Waals surface area (Å²) in [6, 6.07) is 11.2. The molecule has 2 heterocycles. The summed E-state index contributed by atoms with van der Waals surface area (Å²) in [5.41, 5.74) is 8.87. The van der Waals surface area contributed by atoms with Crippen LogP contribution in [0.15, 0.2) is 47.0 Å². The maximum absolute atomic E-state index is 5.70. The molecule has 0 atom stereocenters. The van der Waals surface area contributed by atoms with Gasteiger partial charge in [-0.05, 0) is 30.3 Å². The fourth-order valence-corrected chi connectivity index (χ4v) is 1.94. The van der Waals surface area contributed by atoms with Crippen molar-refractivity contribution in [3.8, 4) is 0 Å². The standard InChI is InChI=1S/C15H15N3O2/c16-11-4-5-14-13(9-11)18-15(20-14)10-19-8-6-12-3-1-2-7-17-12/h1-5,7,9H,6,8,10,16H2. The van der Waals surface area contributed by atoms with Crippen LogP contribution in [0.3, 0.4) is 0 Å². The molecule has 5 heteroatoms. The van der Waals surface area contributed by atoms with Gasteiger partial charge in [-0.25, -0.2) is 4.98 Å². The van der Waals surface area contributed by atoms with Gasteiger partial charge in [-0.3, -0.25) is 4.98 Å². The molecular formula is C15H15N3O2. The Morgan fingerprint density at radius 2 is 2.15 bits per heavy atom. The highest BCUT2D eigenvalue weighted by molar-refractivity contribution is 5.76. The van der Waals surface area contributed by atoms with Crippen molar-refractivity contribution < 1.29 is 9.15 Å². The van der Waals surface area contributed by atoms with Crippen LogP contribution in [0.4, 0.5) is 5.69 Å². The number of nitrogens with two attached hydrogens (primary N) is 1. The Labute approximate surface area is 116 Å². The molecule has 0 bridgehead atoms. The number of nitrogen functional groups attached to an aromatic ring is 1. The largest absolute Gasteiger partial charge is 0.438 e. The van der Waals surface area contributed by atoms with Crippen LogP contribution in [0.2, 0.25) is 0 Å². The lowest BCUT2D eigenvalue weighted by Gasteiger charge is -2.00. The van der Waals surface area contributed by atoms with Gasteiger partial charge < -0.3 is 14.9 Å². The molecule has 20 heavy (non-hydrogen) atoms. The Morgan fingerprint density at radius 3 is 3.00 bits per heavy atom. The molecule has 0 aliphatic heterocycles. The fraction of sp³-hybridized carbons (Fsp3) is 0.200. The van der Waals surface area contributed by atoms with E-state index < -0.39 is 0 Å². The molecule has 3 rings (SSSR count). The first kappa shape index (κ1) is 12.6. The molecule has 0 amide bonds. The summed E-state index contributed by atoms with van der Waals surface area (Å²) in [6.45, 7) is 0.930. The van der Waals surface area contributed by atoms with Crippen LogP contribution < -0.4 is 5.73 Å². The minimum atomic E-state index is 0.349. The highest BCUT2D eigenvalue weighted by atomic mass is 16.5. The fourth-order valence-electron chi connectivity index (χ4n) is 1.94. The van der Waals surface area contributed by atoms with Crippen molar-refractivity contribution in [1.82, 2.24) is 9.97 Å². The number of rotatable bonds is 5. The number of hydrogen-bond acceptors (Lipinski definition) is 5. The Morgan fingerprint density at radius 1 is 1.20 bits per heavy atom. The lowest BCUT2D eigenvalue weighted by atomic mass is 10.3. The van der Waals surface area contributed by atoms with Crippen LogP contribution in [-0.2, 0) is 17.8 Å². The number of ether oxygens (including phenoxy) is 1. The molecule has 1 aromatic carbocycles. The Balaban J connectivity index is 1.55.